The third-order valence-electron chi connectivity index (χ3n) is 1.69. The zero-order chi connectivity index (χ0) is 15.3. The third-order valence-corrected chi connectivity index (χ3v) is 2.80. The highest BCUT2D eigenvalue weighted by atomic mass is 32.2. The zero-order valence-electron chi connectivity index (χ0n) is 9.85. The van der Waals surface area contributed by atoms with Crippen molar-refractivity contribution < 1.29 is 30.4 Å². The fourth-order valence-corrected chi connectivity index (χ4v) is 1.61. The molecular weight excluding hydrogens is 291 g/mol. The average Bonchev–Trinajstić information content (AvgIpc) is 2.24. The van der Waals surface area contributed by atoms with Gasteiger partial charge < -0.3 is 22.0 Å². The van der Waals surface area contributed by atoms with E-state index in [0.29, 0.717) is 0 Å². The molecule has 0 spiro atoms. The van der Waals surface area contributed by atoms with Crippen molar-refractivity contribution in [3.8, 4) is 5.75 Å². The molecule has 0 unspecified atom stereocenters. The molecule has 0 aliphatic carbocycles. The second-order valence-corrected chi connectivity index (χ2v) is 5.22. The van der Waals surface area contributed by atoms with Crippen LogP contribution in [-0.2, 0) is 9.84 Å². The van der Waals surface area contributed by atoms with Gasteiger partial charge >= 0.3 is 12.9 Å². The molecule has 0 fully saturated rings. The van der Waals surface area contributed by atoms with Gasteiger partial charge in [-0.2, -0.15) is 0 Å². The van der Waals surface area contributed by atoms with E-state index in [9.17, 15) is 25.7 Å². The van der Waals surface area contributed by atoms with Crippen LogP contribution in [0.5, 0.6) is 5.75 Å². The van der Waals surface area contributed by atoms with Crippen LogP contribution in [0.4, 0.5) is 23.0 Å². The Morgan fingerprint density at radius 2 is 1.74 bits per heavy atom. The average molecular weight is 300 g/mol. The van der Waals surface area contributed by atoms with Gasteiger partial charge in [-0.3, -0.25) is 0 Å². The first kappa shape index (κ1) is 17.2. The molecule has 0 heterocycles. The van der Waals surface area contributed by atoms with Crippen LogP contribution >= 0.6 is 0 Å². The van der Waals surface area contributed by atoms with E-state index >= 15 is 0 Å². The van der Waals surface area contributed by atoms with Crippen molar-refractivity contribution in [3.05, 3.63) is 23.2 Å². The number of hydrogen-bond acceptors (Lipinski definition) is 4. The molecule has 5 nitrogen and oxygen atoms in total. The largest absolute Gasteiger partial charge is 0.673 e. The van der Waals surface area contributed by atoms with Crippen LogP contribution in [0.25, 0.3) is 4.98 Å². The maximum atomic E-state index is 11.2. The van der Waals surface area contributed by atoms with Crippen molar-refractivity contribution in [2.24, 2.45) is 0 Å². The SMILES string of the molecule is COc1cc(S(C)(=O)=O)ccc1[N+]#N.F[B-](F)(F)F. The summed E-state index contributed by atoms with van der Waals surface area (Å²) in [5, 5.41) is 8.54. The lowest BCUT2D eigenvalue weighted by Crippen LogP contribution is -2.02. The van der Waals surface area contributed by atoms with Crippen molar-refractivity contribution in [1.82, 2.24) is 0 Å². The van der Waals surface area contributed by atoms with E-state index in [1.165, 1.54) is 25.3 Å². The van der Waals surface area contributed by atoms with Gasteiger partial charge in [-0.05, 0) is 6.07 Å². The summed E-state index contributed by atoms with van der Waals surface area (Å²) < 4.78 is 66.2. The molecule has 19 heavy (non-hydrogen) atoms. The summed E-state index contributed by atoms with van der Waals surface area (Å²) in [7, 11) is -7.89. The molecule has 0 atom stereocenters. The van der Waals surface area contributed by atoms with E-state index in [1.54, 1.807) is 0 Å². The van der Waals surface area contributed by atoms with Gasteiger partial charge in [0.25, 0.3) is 0 Å². The molecule has 1 rings (SSSR count). The molecule has 0 radical (unpaired) electrons. The van der Waals surface area contributed by atoms with Gasteiger partial charge in [-0.1, -0.05) is 0 Å². The van der Waals surface area contributed by atoms with E-state index in [2.05, 4.69) is 4.98 Å². The standard InChI is InChI=1S/C8H9N2O3S.BF4/c1-13-8-5-6(14(2,11)12)3-4-7(8)10-9;2-1(3,4)5/h3-5H,1-2H3;/q+1;-1. The van der Waals surface area contributed by atoms with Crippen LogP contribution in [0.2, 0.25) is 0 Å². The lowest BCUT2D eigenvalue weighted by Gasteiger charge is -1.99. The number of methoxy groups -OCH3 is 1. The van der Waals surface area contributed by atoms with Crippen molar-refractivity contribution in [1.29, 1.82) is 5.39 Å². The van der Waals surface area contributed by atoms with Gasteiger partial charge in [0.15, 0.2) is 14.8 Å². The fraction of sp³-hybridized carbons (Fsp3) is 0.250. The van der Waals surface area contributed by atoms with E-state index in [1.807, 2.05) is 0 Å². The van der Waals surface area contributed by atoms with Crippen LogP contribution in [0.1, 0.15) is 0 Å². The molecule has 106 valence electrons. The van der Waals surface area contributed by atoms with Crippen LogP contribution < -0.4 is 4.74 Å². The minimum absolute atomic E-state index is 0.127. The van der Waals surface area contributed by atoms with Crippen LogP contribution in [0, 0.1) is 5.39 Å². The Morgan fingerprint density at radius 3 is 2.05 bits per heavy atom. The van der Waals surface area contributed by atoms with Crippen molar-refractivity contribution in [2.45, 2.75) is 4.90 Å². The molecule has 1 aromatic carbocycles. The summed E-state index contributed by atoms with van der Waals surface area (Å²) in [6, 6.07) is 4.03. The van der Waals surface area contributed by atoms with Gasteiger partial charge in [0.05, 0.1) is 12.0 Å². The summed E-state index contributed by atoms with van der Waals surface area (Å²) in [5.41, 5.74) is 0.194. The maximum Gasteiger partial charge on any atom is 0.673 e. The van der Waals surface area contributed by atoms with Gasteiger partial charge in [0.1, 0.15) is 0 Å². The number of ether oxygens (including phenoxy) is 1. The monoisotopic (exact) mass is 300 g/mol. The predicted molar refractivity (Wildman–Crippen MR) is 61.0 cm³/mol. The summed E-state index contributed by atoms with van der Waals surface area (Å²) in [4.78, 5) is 3.07. The molecule has 0 aliphatic heterocycles. The minimum atomic E-state index is -6.00. The summed E-state index contributed by atoms with van der Waals surface area (Å²) in [6.45, 7) is 0. The quantitative estimate of drug-likeness (QED) is 0.478. The maximum absolute atomic E-state index is 11.2. The number of nitrogens with zero attached hydrogens (tertiary/aromatic N) is 2. The molecule has 0 saturated heterocycles. The number of diazo groups is 1. The number of sulfone groups is 1. The summed E-state index contributed by atoms with van der Waals surface area (Å²) in [6.07, 6.45) is 1.09. The summed E-state index contributed by atoms with van der Waals surface area (Å²) >= 11 is 0. The highest BCUT2D eigenvalue weighted by Crippen LogP contribution is 2.29. The number of rotatable bonds is 2. The summed E-state index contributed by atoms with van der Waals surface area (Å²) in [5.74, 6) is 0.218. The Hall–Kier alpha value is -1.83. The van der Waals surface area contributed by atoms with E-state index < -0.39 is 17.1 Å². The molecule has 0 aromatic heterocycles. The van der Waals surface area contributed by atoms with Gasteiger partial charge in [0, 0.05) is 18.4 Å². The van der Waals surface area contributed by atoms with E-state index in [-0.39, 0.29) is 16.3 Å². The van der Waals surface area contributed by atoms with E-state index in [0.717, 1.165) is 6.26 Å². The number of benzene rings is 1. The Bertz CT molecular complexity index is 577. The molecule has 0 bridgehead atoms. The Kier molecular flexibility index (Phi) is 5.76. The van der Waals surface area contributed by atoms with E-state index in [4.69, 9.17) is 10.1 Å². The lowest BCUT2D eigenvalue weighted by molar-refractivity contribution is 0.368. The topological polar surface area (TPSA) is 71.5 Å². The molecular formula is C8H9BF4N2O3S. The number of halogens is 4. The second-order valence-electron chi connectivity index (χ2n) is 3.20. The molecule has 0 aliphatic rings. The normalized spacial score (nSPS) is 11.0. The lowest BCUT2D eigenvalue weighted by atomic mass is 10.3. The van der Waals surface area contributed by atoms with Crippen molar-refractivity contribution in [2.75, 3.05) is 13.4 Å². The molecule has 11 heteroatoms. The molecule has 1 aromatic rings. The Labute approximate surface area is 106 Å². The van der Waals surface area contributed by atoms with Crippen LogP contribution in [0.15, 0.2) is 23.1 Å². The molecule has 0 amide bonds. The fourth-order valence-electron chi connectivity index (χ4n) is 0.971. The third kappa shape index (κ3) is 7.25. The highest BCUT2D eigenvalue weighted by molar-refractivity contribution is 7.90. The molecule has 0 N–H and O–H groups in total. The van der Waals surface area contributed by atoms with Gasteiger partial charge in [0.2, 0.25) is 11.1 Å². The first-order valence-electron chi connectivity index (χ1n) is 4.59. The predicted octanol–water partition coefficient (Wildman–Crippen LogP) is 2.88. The van der Waals surface area contributed by atoms with Gasteiger partial charge in [-0.15, -0.1) is 0 Å². The van der Waals surface area contributed by atoms with Crippen LogP contribution in [-0.4, -0.2) is 29.0 Å². The minimum Gasteiger partial charge on any atom is -0.489 e. The van der Waals surface area contributed by atoms with Gasteiger partial charge in [-0.25, -0.2) is 8.42 Å². The van der Waals surface area contributed by atoms with Crippen LogP contribution in [0.3, 0.4) is 0 Å². The number of hydrogen-bond donors (Lipinski definition) is 0. The Morgan fingerprint density at radius 1 is 1.26 bits per heavy atom. The smallest absolute Gasteiger partial charge is 0.489 e. The molecule has 0 saturated carbocycles. The first-order valence-corrected chi connectivity index (χ1v) is 6.48. The zero-order valence-corrected chi connectivity index (χ0v) is 10.7. The first-order chi connectivity index (χ1) is 8.49. The second kappa shape index (κ2) is 6.37. The van der Waals surface area contributed by atoms with Crippen molar-refractivity contribution >= 4 is 22.8 Å². The Balaban J connectivity index is 0.000000555. The highest BCUT2D eigenvalue weighted by Gasteiger charge is 2.20. The van der Waals surface area contributed by atoms with Crippen molar-refractivity contribution in [3.63, 3.8) is 0 Å².